The molecular formula is C18H28F2N4O3S. The summed E-state index contributed by atoms with van der Waals surface area (Å²) >= 11 is 0. The number of alkyl halides is 2. The van der Waals surface area contributed by atoms with Gasteiger partial charge in [0.05, 0.1) is 6.07 Å². The summed E-state index contributed by atoms with van der Waals surface area (Å²) in [7, 11) is -4.08. The molecule has 1 atom stereocenters. The molecule has 3 rings (SSSR count). The number of carbonyl (C=O) groups excluding carboxylic acids is 1. The molecule has 0 radical (unpaired) electrons. The number of amides is 1. The Bertz CT molecular complexity index is 740. The lowest BCUT2D eigenvalue weighted by molar-refractivity contribution is -0.125. The van der Waals surface area contributed by atoms with Crippen LogP contribution in [0, 0.1) is 16.7 Å². The molecule has 1 aliphatic heterocycles. The van der Waals surface area contributed by atoms with Crippen molar-refractivity contribution in [1.29, 1.82) is 5.26 Å². The fraction of sp³-hybridized carbons (Fsp3) is 0.889. The van der Waals surface area contributed by atoms with Crippen LogP contribution in [-0.2, 0) is 15.0 Å². The number of nitriles is 1. The molecule has 7 nitrogen and oxygen atoms in total. The lowest BCUT2D eigenvalue weighted by atomic mass is 9.78. The molecule has 0 aromatic rings. The average Bonchev–Trinajstić information content (AvgIpc) is 3.24. The zero-order valence-electron chi connectivity index (χ0n) is 16.1. The highest BCUT2D eigenvalue weighted by atomic mass is 32.2. The van der Waals surface area contributed by atoms with Gasteiger partial charge in [-0.05, 0) is 50.9 Å². The Kier molecular flexibility index (Phi) is 5.73. The molecule has 28 heavy (non-hydrogen) atoms. The van der Waals surface area contributed by atoms with Crippen molar-refractivity contribution >= 4 is 16.1 Å². The summed E-state index contributed by atoms with van der Waals surface area (Å²) in [6.07, 6.45) is 5.97. The Morgan fingerprint density at radius 1 is 1.18 bits per heavy atom. The van der Waals surface area contributed by atoms with E-state index in [0.717, 1.165) is 25.7 Å². The van der Waals surface area contributed by atoms with Crippen molar-refractivity contribution in [3.05, 3.63) is 0 Å². The van der Waals surface area contributed by atoms with E-state index in [-0.39, 0.29) is 5.41 Å². The molecule has 1 amide bonds. The quantitative estimate of drug-likeness (QED) is 0.661. The first-order valence-electron chi connectivity index (χ1n) is 9.87. The van der Waals surface area contributed by atoms with Crippen LogP contribution in [0.1, 0.15) is 64.7 Å². The van der Waals surface area contributed by atoms with Gasteiger partial charge < -0.3 is 5.32 Å². The molecule has 2 N–H and O–H groups in total. The number of rotatable bonds is 7. The number of nitrogens with zero attached hydrogens (tertiary/aromatic N) is 2. The maximum atomic E-state index is 13.6. The highest BCUT2D eigenvalue weighted by molar-refractivity contribution is 7.87. The minimum Gasteiger partial charge on any atom is -0.336 e. The van der Waals surface area contributed by atoms with Gasteiger partial charge in [-0.25, -0.2) is 8.78 Å². The van der Waals surface area contributed by atoms with Crippen LogP contribution in [0.4, 0.5) is 8.78 Å². The molecule has 1 heterocycles. The molecule has 3 aliphatic rings. The van der Waals surface area contributed by atoms with Crippen LogP contribution in [0.2, 0.25) is 0 Å². The predicted molar refractivity (Wildman–Crippen MR) is 98.5 cm³/mol. The highest BCUT2D eigenvalue weighted by Gasteiger charge is 2.47. The van der Waals surface area contributed by atoms with Gasteiger partial charge in [-0.15, -0.1) is 0 Å². The van der Waals surface area contributed by atoms with Crippen molar-refractivity contribution in [3.8, 4) is 6.07 Å². The fourth-order valence-electron chi connectivity index (χ4n) is 4.34. The van der Waals surface area contributed by atoms with E-state index in [4.69, 9.17) is 5.26 Å². The van der Waals surface area contributed by atoms with Crippen LogP contribution < -0.4 is 10.0 Å². The lowest BCUT2D eigenvalue weighted by Crippen LogP contribution is -2.56. The number of hydrogen-bond acceptors (Lipinski definition) is 4. The minimum atomic E-state index is -4.08. The Hall–Kier alpha value is -1.31. The van der Waals surface area contributed by atoms with E-state index in [1.165, 1.54) is 17.1 Å². The van der Waals surface area contributed by atoms with Crippen molar-refractivity contribution < 1.29 is 22.0 Å². The zero-order valence-corrected chi connectivity index (χ0v) is 17.0. The number of halogens is 2. The van der Waals surface area contributed by atoms with Gasteiger partial charge in [-0.2, -0.15) is 22.7 Å². The summed E-state index contributed by atoms with van der Waals surface area (Å²) in [5.74, 6) is -4.11. The predicted octanol–water partition coefficient (Wildman–Crippen LogP) is 2.06. The van der Waals surface area contributed by atoms with Crippen molar-refractivity contribution in [1.82, 2.24) is 14.3 Å². The third-order valence-electron chi connectivity index (χ3n) is 6.28. The second-order valence-electron chi connectivity index (χ2n) is 8.74. The van der Waals surface area contributed by atoms with Crippen LogP contribution in [0.15, 0.2) is 0 Å². The monoisotopic (exact) mass is 418 g/mol. The first-order chi connectivity index (χ1) is 13.0. The van der Waals surface area contributed by atoms with Crippen molar-refractivity contribution in [2.45, 2.75) is 82.2 Å². The SMILES string of the molecule is CC(F)(F)C[C@H](NS(=O)(=O)N1CCC2(CCCC2)CC1)C(=O)NC1(C#N)CC1. The second kappa shape index (κ2) is 7.50. The van der Waals surface area contributed by atoms with Gasteiger partial charge in [0.2, 0.25) is 11.8 Å². The molecule has 0 unspecified atom stereocenters. The van der Waals surface area contributed by atoms with E-state index in [1.54, 1.807) is 0 Å². The smallest absolute Gasteiger partial charge is 0.280 e. The standard InChI is InChI=1S/C18H28F2N4O3S/c1-16(19,20)12-14(15(25)22-18(13-21)6-7-18)23-28(26,27)24-10-8-17(9-11-24)4-2-3-5-17/h14,23H,2-12H2,1H3,(H,22,25)/t14-/m0/s1. The van der Waals surface area contributed by atoms with E-state index >= 15 is 0 Å². The molecule has 1 saturated heterocycles. The molecular weight excluding hydrogens is 390 g/mol. The van der Waals surface area contributed by atoms with Crippen LogP contribution in [-0.4, -0.2) is 49.2 Å². The van der Waals surface area contributed by atoms with Gasteiger partial charge in [0, 0.05) is 19.5 Å². The molecule has 3 fully saturated rings. The summed E-state index contributed by atoms with van der Waals surface area (Å²) in [5.41, 5.74) is -0.839. The van der Waals surface area contributed by atoms with Gasteiger partial charge >= 0.3 is 0 Å². The van der Waals surface area contributed by atoms with Gasteiger partial charge in [-0.3, -0.25) is 4.79 Å². The third kappa shape index (κ3) is 4.99. The van der Waals surface area contributed by atoms with Crippen LogP contribution in [0.3, 0.4) is 0 Å². The first kappa shape index (κ1) is 21.4. The molecule has 2 saturated carbocycles. The number of hydrogen-bond donors (Lipinski definition) is 2. The van der Waals surface area contributed by atoms with E-state index in [9.17, 15) is 22.0 Å². The van der Waals surface area contributed by atoms with Crippen molar-refractivity contribution in [2.75, 3.05) is 13.1 Å². The summed E-state index contributed by atoms with van der Waals surface area (Å²) in [5, 5.41) is 11.5. The fourth-order valence-corrected chi connectivity index (χ4v) is 5.70. The number of nitrogens with one attached hydrogen (secondary N) is 2. The summed E-state index contributed by atoms with van der Waals surface area (Å²) < 4.78 is 56.1. The number of piperidine rings is 1. The molecule has 10 heteroatoms. The van der Waals surface area contributed by atoms with E-state index in [2.05, 4.69) is 10.0 Å². The van der Waals surface area contributed by atoms with Crippen LogP contribution >= 0.6 is 0 Å². The molecule has 158 valence electrons. The van der Waals surface area contributed by atoms with Gasteiger partial charge in [-0.1, -0.05) is 12.8 Å². The maximum absolute atomic E-state index is 13.6. The largest absolute Gasteiger partial charge is 0.336 e. The number of carbonyl (C=O) groups is 1. The molecule has 1 spiro atoms. The van der Waals surface area contributed by atoms with Gasteiger partial charge in [0.25, 0.3) is 10.2 Å². The molecule has 2 aliphatic carbocycles. The van der Waals surface area contributed by atoms with Crippen LogP contribution in [0.25, 0.3) is 0 Å². The van der Waals surface area contributed by atoms with Crippen molar-refractivity contribution in [3.63, 3.8) is 0 Å². The zero-order chi connectivity index (χ0) is 20.6. The molecule has 0 bridgehead atoms. The molecule has 0 aromatic carbocycles. The van der Waals surface area contributed by atoms with E-state index < -0.39 is 40.0 Å². The van der Waals surface area contributed by atoms with Crippen molar-refractivity contribution in [2.24, 2.45) is 5.41 Å². The normalized spacial score (nSPS) is 25.2. The van der Waals surface area contributed by atoms with Gasteiger partial charge in [0.15, 0.2) is 0 Å². The third-order valence-corrected chi connectivity index (χ3v) is 7.91. The summed E-state index contributed by atoms with van der Waals surface area (Å²) in [6, 6.07) is 0.321. The first-order valence-corrected chi connectivity index (χ1v) is 11.3. The Labute approximate surface area is 165 Å². The summed E-state index contributed by atoms with van der Waals surface area (Å²) in [4.78, 5) is 12.5. The lowest BCUT2D eigenvalue weighted by Gasteiger charge is -2.39. The van der Waals surface area contributed by atoms with Gasteiger partial charge in [0.1, 0.15) is 11.6 Å². The van der Waals surface area contributed by atoms with E-state index in [1.807, 2.05) is 6.07 Å². The topological polar surface area (TPSA) is 102 Å². The Morgan fingerprint density at radius 2 is 1.75 bits per heavy atom. The minimum absolute atomic E-state index is 0.213. The summed E-state index contributed by atoms with van der Waals surface area (Å²) in [6.45, 7) is 1.30. The Balaban J connectivity index is 1.66. The van der Waals surface area contributed by atoms with E-state index in [0.29, 0.717) is 32.9 Å². The Morgan fingerprint density at radius 3 is 2.21 bits per heavy atom. The second-order valence-corrected chi connectivity index (χ2v) is 10.4. The molecule has 0 aromatic heterocycles. The highest BCUT2D eigenvalue weighted by Crippen LogP contribution is 2.46. The average molecular weight is 419 g/mol. The maximum Gasteiger partial charge on any atom is 0.280 e. The van der Waals surface area contributed by atoms with Crippen LogP contribution in [0.5, 0.6) is 0 Å².